The van der Waals surface area contributed by atoms with Crippen LogP contribution in [0.1, 0.15) is 16.8 Å². The van der Waals surface area contributed by atoms with Crippen molar-refractivity contribution in [1.82, 2.24) is 10.3 Å². The van der Waals surface area contributed by atoms with Crippen molar-refractivity contribution in [2.45, 2.75) is 12.5 Å². The molecule has 94 valence electrons. The number of halogens is 1. The zero-order chi connectivity index (χ0) is 12.7. The van der Waals surface area contributed by atoms with E-state index in [9.17, 15) is 9.90 Å². The monoisotopic (exact) mass is 258 g/mol. The van der Waals surface area contributed by atoms with Gasteiger partial charge in [-0.05, 0) is 18.6 Å². The van der Waals surface area contributed by atoms with E-state index in [0.29, 0.717) is 18.5 Å². The van der Waals surface area contributed by atoms with E-state index in [1.807, 2.05) is 0 Å². The van der Waals surface area contributed by atoms with Gasteiger partial charge in [0.15, 0.2) is 0 Å². The van der Waals surface area contributed by atoms with Gasteiger partial charge in [0.25, 0.3) is 5.91 Å². The first kappa shape index (κ1) is 13.9. The van der Waals surface area contributed by atoms with E-state index in [-0.39, 0.29) is 17.7 Å². The highest BCUT2D eigenvalue weighted by Gasteiger charge is 2.10. The maximum atomic E-state index is 11.7. The third kappa shape index (κ3) is 4.68. The van der Waals surface area contributed by atoms with Gasteiger partial charge in [0.2, 0.25) is 0 Å². The Morgan fingerprint density at radius 1 is 1.71 bits per heavy atom. The summed E-state index contributed by atoms with van der Waals surface area (Å²) in [6, 6.07) is 3.23. The molecule has 0 aliphatic carbocycles. The van der Waals surface area contributed by atoms with Gasteiger partial charge < -0.3 is 15.2 Å². The molecular formula is C11H15ClN2O3. The number of aliphatic hydroxyl groups excluding tert-OH is 1. The maximum absolute atomic E-state index is 11.7. The van der Waals surface area contributed by atoms with E-state index in [0.717, 1.165) is 0 Å². The van der Waals surface area contributed by atoms with Gasteiger partial charge in [-0.15, -0.1) is 0 Å². The fourth-order valence-corrected chi connectivity index (χ4v) is 1.48. The van der Waals surface area contributed by atoms with Gasteiger partial charge in [0.1, 0.15) is 5.15 Å². The van der Waals surface area contributed by atoms with Crippen molar-refractivity contribution in [3.63, 3.8) is 0 Å². The average Bonchev–Trinajstić information content (AvgIpc) is 2.29. The Bertz CT molecular complexity index is 373. The van der Waals surface area contributed by atoms with Gasteiger partial charge in [-0.1, -0.05) is 11.6 Å². The lowest BCUT2D eigenvalue weighted by atomic mass is 10.2. The Labute approximate surface area is 105 Å². The SMILES string of the molecule is COCC(O)CCNC(=O)c1cccnc1Cl. The topological polar surface area (TPSA) is 71.5 Å². The molecule has 1 atom stereocenters. The number of carbonyl (C=O) groups is 1. The molecule has 0 bridgehead atoms. The molecule has 6 heteroatoms. The lowest BCUT2D eigenvalue weighted by molar-refractivity contribution is 0.0587. The molecule has 2 N–H and O–H groups in total. The van der Waals surface area contributed by atoms with Crippen LogP contribution in [0.25, 0.3) is 0 Å². The van der Waals surface area contributed by atoms with E-state index in [1.165, 1.54) is 13.3 Å². The minimum Gasteiger partial charge on any atom is -0.391 e. The summed E-state index contributed by atoms with van der Waals surface area (Å²) in [6.07, 6.45) is 1.36. The maximum Gasteiger partial charge on any atom is 0.254 e. The molecule has 0 aliphatic rings. The van der Waals surface area contributed by atoms with Crippen molar-refractivity contribution in [3.05, 3.63) is 29.0 Å². The fourth-order valence-electron chi connectivity index (χ4n) is 1.28. The van der Waals surface area contributed by atoms with Crippen LogP contribution in [0.15, 0.2) is 18.3 Å². The Kier molecular flexibility index (Phi) is 5.90. The molecule has 0 aromatic carbocycles. The molecule has 1 amide bonds. The van der Waals surface area contributed by atoms with Crippen molar-refractivity contribution in [1.29, 1.82) is 0 Å². The van der Waals surface area contributed by atoms with Crippen LogP contribution in [0.5, 0.6) is 0 Å². The predicted molar refractivity (Wildman–Crippen MR) is 64.1 cm³/mol. The number of hydrogen-bond acceptors (Lipinski definition) is 4. The van der Waals surface area contributed by atoms with Crippen molar-refractivity contribution in [3.8, 4) is 0 Å². The smallest absolute Gasteiger partial charge is 0.254 e. The molecule has 0 saturated heterocycles. The number of aromatic nitrogens is 1. The van der Waals surface area contributed by atoms with Crippen LogP contribution in [0.2, 0.25) is 5.15 Å². The summed E-state index contributed by atoms with van der Waals surface area (Å²) < 4.78 is 4.77. The van der Waals surface area contributed by atoms with Gasteiger partial charge >= 0.3 is 0 Å². The van der Waals surface area contributed by atoms with Gasteiger partial charge in [-0.3, -0.25) is 4.79 Å². The molecule has 1 heterocycles. The van der Waals surface area contributed by atoms with Crippen LogP contribution < -0.4 is 5.32 Å². The second kappa shape index (κ2) is 7.21. The van der Waals surface area contributed by atoms with Crippen LogP contribution in [-0.4, -0.2) is 42.4 Å². The zero-order valence-corrected chi connectivity index (χ0v) is 10.3. The van der Waals surface area contributed by atoms with E-state index in [1.54, 1.807) is 12.1 Å². The second-order valence-corrected chi connectivity index (χ2v) is 3.85. The number of pyridine rings is 1. The number of nitrogens with zero attached hydrogens (tertiary/aromatic N) is 1. The highest BCUT2D eigenvalue weighted by molar-refractivity contribution is 6.32. The molecule has 1 rings (SSSR count). The molecule has 1 aromatic rings. The summed E-state index contributed by atoms with van der Waals surface area (Å²) in [5.74, 6) is -0.298. The summed E-state index contributed by atoms with van der Waals surface area (Å²) in [4.78, 5) is 15.5. The number of amides is 1. The number of nitrogens with one attached hydrogen (secondary N) is 1. The number of rotatable bonds is 6. The summed E-state index contributed by atoms with van der Waals surface area (Å²) in [6.45, 7) is 0.609. The number of aliphatic hydroxyl groups is 1. The summed E-state index contributed by atoms with van der Waals surface area (Å²) in [5, 5.41) is 12.2. The molecule has 0 fully saturated rings. The molecular weight excluding hydrogens is 244 g/mol. The molecule has 0 aliphatic heterocycles. The Balaban J connectivity index is 2.38. The van der Waals surface area contributed by atoms with Crippen LogP contribution in [0.3, 0.4) is 0 Å². The van der Waals surface area contributed by atoms with Crippen LogP contribution in [0.4, 0.5) is 0 Å². The third-order valence-corrected chi connectivity index (χ3v) is 2.43. The van der Waals surface area contributed by atoms with E-state index in [4.69, 9.17) is 16.3 Å². The Morgan fingerprint density at radius 3 is 3.12 bits per heavy atom. The van der Waals surface area contributed by atoms with Crippen molar-refractivity contribution in [2.24, 2.45) is 0 Å². The highest BCUT2D eigenvalue weighted by Crippen LogP contribution is 2.10. The molecule has 0 saturated carbocycles. The summed E-state index contributed by atoms with van der Waals surface area (Å²) >= 11 is 5.77. The standard InChI is InChI=1S/C11H15ClN2O3/c1-17-7-8(15)4-6-14-11(16)9-3-2-5-13-10(9)12/h2-3,5,8,15H,4,6-7H2,1H3,(H,14,16). The third-order valence-electron chi connectivity index (χ3n) is 2.13. The average molecular weight is 259 g/mol. The Hall–Kier alpha value is -1.17. The van der Waals surface area contributed by atoms with Gasteiger partial charge in [-0.2, -0.15) is 0 Å². The number of methoxy groups -OCH3 is 1. The first-order valence-corrected chi connectivity index (χ1v) is 5.58. The Morgan fingerprint density at radius 2 is 2.47 bits per heavy atom. The van der Waals surface area contributed by atoms with Crippen LogP contribution in [-0.2, 0) is 4.74 Å². The molecule has 5 nitrogen and oxygen atoms in total. The second-order valence-electron chi connectivity index (χ2n) is 3.50. The first-order valence-electron chi connectivity index (χ1n) is 5.21. The minimum absolute atomic E-state index is 0.169. The van der Waals surface area contributed by atoms with E-state index >= 15 is 0 Å². The molecule has 0 radical (unpaired) electrons. The lowest BCUT2D eigenvalue weighted by Crippen LogP contribution is -2.28. The van der Waals surface area contributed by atoms with Gasteiger partial charge in [0, 0.05) is 19.9 Å². The lowest BCUT2D eigenvalue weighted by Gasteiger charge is -2.10. The predicted octanol–water partition coefficient (Wildman–Crippen LogP) is 0.862. The summed E-state index contributed by atoms with van der Waals surface area (Å²) in [7, 11) is 1.51. The van der Waals surface area contributed by atoms with Crippen LogP contribution in [0, 0.1) is 0 Å². The largest absolute Gasteiger partial charge is 0.391 e. The quantitative estimate of drug-likeness (QED) is 0.743. The number of ether oxygens (including phenoxy) is 1. The molecule has 1 unspecified atom stereocenters. The highest BCUT2D eigenvalue weighted by atomic mass is 35.5. The van der Waals surface area contributed by atoms with E-state index < -0.39 is 6.10 Å². The van der Waals surface area contributed by atoms with Crippen molar-refractivity contribution >= 4 is 17.5 Å². The number of hydrogen-bond donors (Lipinski definition) is 2. The minimum atomic E-state index is -0.579. The van der Waals surface area contributed by atoms with Gasteiger partial charge in [0.05, 0.1) is 18.3 Å². The van der Waals surface area contributed by atoms with Crippen molar-refractivity contribution < 1.29 is 14.6 Å². The summed E-state index contributed by atoms with van der Waals surface area (Å²) in [5.41, 5.74) is 0.329. The van der Waals surface area contributed by atoms with Crippen LogP contribution >= 0.6 is 11.6 Å². The normalized spacial score (nSPS) is 12.2. The fraction of sp³-hybridized carbons (Fsp3) is 0.455. The van der Waals surface area contributed by atoms with E-state index in [2.05, 4.69) is 10.3 Å². The zero-order valence-electron chi connectivity index (χ0n) is 9.52. The van der Waals surface area contributed by atoms with Gasteiger partial charge in [-0.25, -0.2) is 4.98 Å². The first-order chi connectivity index (χ1) is 8.15. The number of carbonyl (C=O) groups excluding carboxylic acids is 1. The molecule has 17 heavy (non-hydrogen) atoms. The molecule has 0 spiro atoms. The molecule has 1 aromatic heterocycles. The van der Waals surface area contributed by atoms with Crippen molar-refractivity contribution in [2.75, 3.05) is 20.3 Å².